The van der Waals surface area contributed by atoms with Gasteiger partial charge in [0.15, 0.2) is 0 Å². The lowest BCUT2D eigenvalue weighted by Gasteiger charge is -2.27. The van der Waals surface area contributed by atoms with Crippen LogP contribution >= 0.6 is 11.6 Å². The highest BCUT2D eigenvalue weighted by atomic mass is 35.5. The van der Waals surface area contributed by atoms with Crippen LogP contribution in [-0.4, -0.2) is 36.4 Å². The standard InChI is InChI=1S/C23H32ClN3O2/c1-16(2)13-23(3,25)15-29-21-7-6-17(11-20(21)24)18-8-9-26-22(12-18)27-19-5-4-10-28-14-19/h6-9,11-12,16,19H,4-5,10,13-15,25H2,1-3H3,(H,26,27)/t19?,23-/m0/s1. The van der Waals surface area contributed by atoms with E-state index < -0.39 is 0 Å². The van der Waals surface area contributed by atoms with Crippen LogP contribution in [0.15, 0.2) is 36.5 Å². The van der Waals surface area contributed by atoms with E-state index in [9.17, 15) is 0 Å². The van der Waals surface area contributed by atoms with Crippen LogP contribution in [0.5, 0.6) is 5.75 Å². The number of benzene rings is 1. The van der Waals surface area contributed by atoms with Gasteiger partial charge in [-0.15, -0.1) is 0 Å². The van der Waals surface area contributed by atoms with Crippen molar-refractivity contribution in [3.05, 3.63) is 41.6 Å². The zero-order valence-electron chi connectivity index (χ0n) is 17.6. The van der Waals surface area contributed by atoms with Crippen molar-refractivity contribution >= 4 is 17.4 Å². The fourth-order valence-electron chi connectivity index (χ4n) is 3.78. The van der Waals surface area contributed by atoms with Crippen LogP contribution in [0.1, 0.15) is 40.0 Å². The number of nitrogens with zero attached hydrogens (tertiary/aromatic N) is 1. The number of anilines is 1. The number of rotatable bonds is 8. The molecule has 1 saturated heterocycles. The number of nitrogens with two attached hydrogens (primary N) is 1. The van der Waals surface area contributed by atoms with Crippen LogP contribution in [0.4, 0.5) is 5.82 Å². The molecule has 3 N–H and O–H groups in total. The fourth-order valence-corrected chi connectivity index (χ4v) is 4.02. The van der Waals surface area contributed by atoms with Gasteiger partial charge < -0.3 is 20.5 Å². The Morgan fingerprint density at radius 3 is 2.79 bits per heavy atom. The van der Waals surface area contributed by atoms with Crippen molar-refractivity contribution in [1.29, 1.82) is 0 Å². The summed E-state index contributed by atoms with van der Waals surface area (Å²) in [6, 6.07) is 10.2. The van der Waals surface area contributed by atoms with Crippen molar-refractivity contribution in [2.45, 2.75) is 51.6 Å². The molecule has 0 saturated carbocycles. The predicted molar refractivity (Wildman–Crippen MR) is 120 cm³/mol. The van der Waals surface area contributed by atoms with Crippen LogP contribution < -0.4 is 15.8 Å². The summed E-state index contributed by atoms with van der Waals surface area (Å²) < 4.78 is 11.5. The van der Waals surface area contributed by atoms with Crippen molar-refractivity contribution in [3.8, 4) is 16.9 Å². The summed E-state index contributed by atoms with van der Waals surface area (Å²) in [7, 11) is 0. The van der Waals surface area contributed by atoms with Crippen LogP contribution in [0.2, 0.25) is 5.02 Å². The molecule has 1 aromatic heterocycles. The van der Waals surface area contributed by atoms with Crippen molar-refractivity contribution in [2.75, 3.05) is 25.1 Å². The van der Waals surface area contributed by atoms with Gasteiger partial charge in [0.25, 0.3) is 0 Å². The van der Waals surface area contributed by atoms with E-state index in [1.165, 1.54) is 0 Å². The number of halogens is 1. The molecule has 0 amide bonds. The molecule has 5 nitrogen and oxygen atoms in total. The van der Waals surface area contributed by atoms with Crippen molar-refractivity contribution in [3.63, 3.8) is 0 Å². The zero-order valence-corrected chi connectivity index (χ0v) is 18.3. The van der Waals surface area contributed by atoms with Gasteiger partial charge in [-0.3, -0.25) is 0 Å². The summed E-state index contributed by atoms with van der Waals surface area (Å²) >= 11 is 6.50. The van der Waals surface area contributed by atoms with Gasteiger partial charge in [-0.05, 0) is 67.5 Å². The summed E-state index contributed by atoms with van der Waals surface area (Å²) in [4.78, 5) is 4.44. The molecule has 0 aliphatic carbocycles. The second-order valence-corrected chi connectivity index (χ2v) is 9.08. The van der Waals surface area contributed by atoms with Crippen molar-refractivity contribution < 1.29 is 9.47 Å². The van der Waals surface area contributed by atoms with Gasteiger partial charge in [-0.2, -0.15) is 0 Å². The van der Waals surface area contributed by atoms with E-state index in [4.69, 9.17) is 26.8 Å². The number of pyridine rings is 1. The molecule has 158 valence electrons. The van der Waals surface area contributed by atoms with Gasteiger partial charge in [0.2, 0.25) is 0 Å². The Morgan fingerprint density at radius 1 is 1.31 bits per heavy atom. The SMILES string of the molecule is CC(C)C[C@](C)(N)COc1ccc(-c2ccnc(NC3CCCOC3)c2)cc1Cl. The van der Waals surface area contributed by atoms with Crippen LogP contribution in [0, 0.1) is 5.92 Å². The molecule has 1 aliphatic heterocycles. The maximum absolute atomic E-state index is 6.50. The third-order valence-corrected chi connectivity index (χ3v) is 5.26. The summed E-state index contributed by atoms with van der Waals surface area (Å²) in [5.41, 5.74) is 8.03. The normalized spacial score (nSPS) is 19.0. The highest BCUT2D eigenvalue weighted by molar-refractivity contribution is 6.32. The lowest BCUT2D eigenvalue weighted by atomic mass is 9.93. The number of ether oxygens (including phenoxy) is 2. The molecule has 1 fully saturated rings. The molecule has 0 radical (unpaired) electrons. The number of hydrogen-bond acceptors (Lipinski definition) is 5. The number of hydrogen-bond donors (Lipinski definition) is 2. The lowest BCUT2D eigenvalue weighted by Crippen LogP contribution is -2.43. The van der Waals surface area contributed by atoms with E-state index in [1.807, 2.05) is 43.5 Å². The van der Waals surface area contributed by atoms with Gasteiger partial charge in [0, 0.05) is 18.3 Å². The van der Waals surface area contributed by atoms with Gasteiger partial charge in [0.1, 0.15) is 18.2 Å². The van der Waals surface area contributed by atoms with Gasteiger partial charge in [0.05, 0.1) is 17.7 Å². The Morgan fingerprint density at radius 2 is 2.10 bits per heavy atom. The molecule has 0 bridgehead atoms. The Balaban J connectivity index is 1.67. The first-order valence-corrected chi connectivity index (χ1v) is 10.7. The summed E-state index contributed by atoms with van der Waals surface area (Å²) in [5.74, 6) is 2.02. The smallest absolute Gasteiger partial charge is 0.138 e. The average Bonchev–Trinajstić information content (AvgIpc) is 2.67. The van der Waals surface area contributed by atoms with Crippen molar-refractivity contribution in [1.82, 2.24) is 4.98 Å². The molecule has 1 unspecified atom stereocenters. The first-order chi connectivity index (χ1) is 13.8. The van der Waals surface area contributed by atoms with E-state index >= 15 is 0 Å². The molecule has 0 spiro atoms. The zero-order chi connectivity index (χ0) is 20.9. The Hall–Kier alpha value is -1.82. The first kappa shape index (κ1) is 21.9. The fraction of sp³-hybridized carbons (Fsp3) is 0.522. The number of aromatic nitrogens is 1. The maximum atomic E-state index is 6.50. The molecule has 29 heavy (non-hydrogen) atoms. The molecule has 1 aliphatic rings. The first-order valence-electron chi connectivity index (χ1n) is 10.3. The molecule has 3 rings (SSSR count). The number of nitrogens with one attached hydrogen (secondary N) is 1. The lowest BCUT2D eigenvalue weighted by molar-refractivity contribution is 0.0875. The van der Waals surface area contributed by atoms with Crippen LogP contribution in [-0.2, 0) is 4.74 Å². The summed E-state index contributed by atoms with van der Waals surface area (Å²) in [6.07, 6.45) is 4.88. The van der Waals surface area contributed by atoms with Gasteiger partial charge in [-0.1, -0.05) is 31.5 Å². The van der Waals surface area contributed by atoms with E-state index in [1.54, 1.807) is 0 Å². The Labute approximate surface area is 179 Å². The monoisotopic (exact) mass is 417 g/mol. The van der Waals surface area contributed by atoms with Crippen LogP contribution in [0.3, 0.4) is 0 Å². The second kappa shape index (κ2) is 9.79. The predicted octanol–water partition coefficient (Wildman–Crippen LogP) is 5.14. The van der Waals surface area contributed by atoms with Gasteiger partial charge >= 0.3 is 0 Å². The Bertz CT molecular complexity index is 804. The minimum Gasteiger partial charge on any atom is -0.490 e. The molecule has 2 heterocycles. The minimum atomic E-state index is -0.384. The quantitative estimate of drug-likeness (QED) is 0.622. The van der Waals surface area contributed by atoms with E-state index in [0.717, 1.165) is 49.4 Å². The maximum Gasteiger partial charge on any atom is 0.138 e. The van der Waals surface area contributed by atoms with Gasteiger partial charge in [-0.25, -0.2) is 4.98 Å². The highest BCUT2D eigenvalue weighted by Crippen LogP contribution is 2.32. The van der Waals surface area contributed by atoms with Crippen LogP contribution in [0.25, 0.3) is 11.1 Å². The largest absolute Gasteiger partial charge is 0.490 e. The molecular formula is C23H32ClN3O2. The average molecular weight is 418 g/mol. The molecule has 1 aromatic carbocycles. The molecule has 6 heteroatoms. The third-order valence-electron chi connectivity index (χ3n) is 4.97. The van der Waals surface area contributed by atoms with Crippen molar-refractivity contribution in [2.24, 2.45) is 11.7 Å². The third kappa shape index (κ3) is 6.59. The van der Waals surface area contributed by atoms with E-state index in [-0.39, 0.29) is 5.54 Å². The molecular weight excluding hydrogens is 386 g/mol. The summed E-state index contributed by atoms with van der Waals surface area (Å²) in [6.45, 7) is 8.33. The highest BCUT2D eigenvalue weighted by Gasteiger charge is 2.21. The Kier molecular flexibility index (Phi) is 7.38. The van der Waals surface area contributed by atoms with E-state index in [0.29, 0.717) is 29.3 Å². The summed E-state index contributed by atoms with van der Waals surface area (Å²) in [5, 5.41) is 4.04. The molecule has 2 aromatic rings. The van der Waals surface area contributed by atoms with E-state index in [2.05, 4.69) is 24.1 Å². The minimum absolute atomic E-state index is 0.308. The second-order valence-electron chi connectivity index (χ2n) is 8.67. The topological polar surface area (TPSA) is 69.4 Å². The molecule has 2 atom stereocenters.